The van der Waals surface area contributed by atoms with Gasteiger partial charge in [-0.3, -0.25) is 4.79 Å². The molecule has 0 bridgehead atoms. The first kappa shape index (κ1) is 50.3. The maximum absolute atomic E-state index is 12.2. The van der Waals surface area contributed by atoms with Gasteiger partial charge in [0.25, 0.3) is 0 Å². The minimum atomic E-state index is -0.226. The normalized spacial score (nSPS) is 12.1. The van der Waals surface area contributed by atoms with Crippen LogP contribution < -0.4 is 0 Å². The predicted molar refractivity (Wildman–Crippen MR) is 218 cm³/mol. The molecule has 1 N–H and O–H groups in total. The standard InChI is InChI=1S/C45H90O6/c1-3-5-7-9-11-13-15-17-19-21-23-25-27-29-31-33-38-49-42-44(43-51-45(47)36-35-39-48-41-37-46)50-40-34-32-30-28-26-24-22-20-18-16-14-12-10-8-6-4-2/h44,46H,3-43H2,1-2H3. The van der Waals surface area contributed by atoms with Crippen LogP contribution in [0.4, 0.5) is 0 Å². The number of carbonyl (C=O) groups excluding carboxylic acids is 1. The topological polar surface area (TPSA) is 74.2 Å². The number of hydrogen-bond donors (Lipinski definition) is 1. The molecule has 1 atom stereocenters. The molecule has 0 heterocycles. The molecule has 0 rings (SSSR count). The first-order valence-electron chi connectivity index (χ1n) is 22.8. The Labute approximate surface area is 318 Å². The van der Waals surface area contributed by atoms with Gasteiger partial charge in [0, 0.05) is 26.2 Å². The summed E-state index contributed by atoms with van der Waals surface area (Å²) in [6.45, 7) is 7.50. The van der Waals surface area contributed by atoms with E-state index >= 15 is 0 Å². The Morgan fingerprint density at radius 2 is 0.765 bits per heavy atom. The Hall–Kier alpha value is -0.690. The molecule has 0 spiro atoms. The van der Waals surface area contributed by atoms with Gasteiger partial charge < -0.3 is 24.1 Å². The number of aliphatic hydroxyl groups is 1. The van der Waals surface area contributed by atoms with E-state index in [2.05, 4.69) is 13.8 Å². The molecule has 6 nitrogen and oxygen atoms in total. The van der Waals surface area contributed by atoms with Crippen LogP contribution in [0.1, 0.15) is 232 Å². The molecule has 0 aliphatic rings. The van der Waals surface area contributed by atoms with Crippen molar-refractivity contribution in [2.45, 2.75) is 238 Å². The molecular formula is C45H90O6. The van der Waals surface area contributed by atoms with E-state index in [0.717, 1.165) is 19.4 Å². The van der Waals surface area contributed by atoms with Crippen LogP contribution in [0.25, 0.3) is 0 Å². The highest BCUT2D eigenvalue weighted by Crippen LogP contribution is 2.15. The average molecular weight is 727 g/mol. The largest absolute Gasteiger partial charge is 0.463 e. The van der Waals surface area contributed by atoms with Crippen molar-refractivity contribution < 1.29 is 28.8 Å². The molecule has 0 fully saturated rings. The molecule has 0 aromatic carbocycles. The Morgan fingerprint density at radius 3 is 1.16 bits per heavy atom. The quantitative estimate of drug-likeness (QED) is 0.0497. The fourth-order valence-corrected chi connectivity index (χ4v) is 6.75. The lowest BCUT2D eigenvalue weighted by molar-refractivity contribution is -0.150. The van der Waals surface area contributed by atoms with Gasteiger partial charge in [0.2, 0.25) is 0 Å². The van der Waals surface area contributed by atoms with Gasteiger partial charge >= 0.3 is 5.97 Å². The fraction of sp³-hybridized carbons (Fsp3) is 0.978. The Bertz CT molecular complexity index is 644. The summed E-state index contributed by atoms with van der Waals surface area (Å²) in [5.41, 5.74) is 0. The maximum atomic E-state index is 12.2. The number of aliphatic hydroxyl groups excluding tert-OH is 1. The number of esters is 1. The van der Waals surface area contributed by atoms with Gasteiger partial charge in [-0.25, -0.2) is 0 Å². The van der Waals surface area contributed by atoms with Gasteiger partial charge in [-0.15, -0.1) is 0 Å². The summed E-state index contributed by atoms with van der Waals surface area (Å²) in [5, 5.41) is 8.81. The Morgan fingerprint density at radius 1 is 0.412 bits per heavy atom. The van der Waals surface area contributed by atoms with Gasteiger partial charge in [0.15, 0.2) is 0 Å². The molecule has 51 heavy (non-hydrogen) atoms. The SMILES string of the molecule is CCCCCCCCCCCCCCCCCCOCC(COC(=O)CCCOCCO)OCCCCCCCCCCCCCCCCCC. The second-order valence-electron chi connectivity index (χ2n) is 15.3. The zero-order valence-corrected chi connectivity index (χ0v) is 34.6. The number of unbranched alkanes of at least 4 members (excludes halogenated alkanes) is 30. The summed E-state index contributed by atoms with van der Waals surface area (Å²) in [6.07, 6.45) is 44.3. The van der Waals surface area contributed by atoms with Gasteiger partial charge in [-0.2, -0.15) is 0 Å². The van der Waals surface area contributed by atoms with Gasteiger partial charge in [-0.1, -0.05) is 206 Å². The van der Waals surface area contributed by atoms with Crippen molar-refractivity contribution in [3.63, 3.8) is 0 Å². The van der Waals surface area contributed by atoms with Crippen LogP contribution in [-0.2, 0) is 23.7 Å². The molecular weight excluding hydrogens is 636 g/mol. The lowest BCUT2D eigenvalue weighted by Gasteiger charge is -2.18. The second kappa shape index (κ2) is 45.5. The molecule has 1 unspecified atom stereocenters. The molecule has 0 aliphatic carbocycles. The van der Waals surface area contributed by atoms with E-state index in [1.54, 1.807) is 0 Å². The number of rotatable bonds is 45. The molecule has 0 amide bonds. The number of ether oxygens (including phenoxy) is 4. The van der Waals surface area contributed by atoms with Crippen molar-refractivity contribution in [1.82, 2.24) is 0 Å². The number of carbonyl (C=O) groups is 1. The van der Waals surface area contributed by atoms with Crippen LogP contribution in [-0.4, -0.2) is 63.4 Å². The first-order valence-corrected chi connectivity index (χ1v) is 22.8. The highest BCUT2D eigenvalue weighted by Gasteiger charge is 2.13. The monoisotopic (exact) mass is 727 g/mol. The third kappa shape index (κ3) is 43.6. The summed E-state index contributed by atoms with van der Waals surface area (Å²) < 4.78 is 22.9. The van der Waals surface area contributed by atoms with Crippen molar-refractivity contribution in [3.8, 4) is 0 Å². The van der Waals surface area contributed by atoms with Crippen molar-refractivity contribution in [3.05, 3.63) is 0 Å². The van der Waals surface area contributed by atoms with Crippen molar-refractivity contribution in [2.75, 3.05) is 46.2 Å². The van der Waals surface area contributed by atoms with Crippen LogP contribution in [0.15, 0.2) is 0 Å². The van der Waals surface area contributed by atoms with Crippen molar-refractivity contribution >= 4 is 5.97 Å². The zero-order valence-electron chi connectivity index (χ0n) is 34.6. The summed E-state index contributed by atoms with van der Waals surface area (Å²) in [5.74, 6) is -0.226. The smallest absolute Gasteiger partial charge is 0.305 e. The number of hydrogen-bond acceptors (Lipinski definition) is 6. The van der Waals surface area contributed by atoms with Gasteiger partial charge in [0.05, 0.1) is 19.8 Å². The van der Waals surface area contributed by atoms with E-state index in [1.807, 2.05) is 0 Å². The third-order valence-electron chi connectivity index (χ3n) is 10.1. The molecule has 0 aromatic rings. The van der Waals surface area contributed by atoms with E-state index in [-0.39, 0.29) is 25.3 Å². The second-order valence-corrected chi connectivity index (χ2v) is 15.3. The molecule has 0 saturated heterocycles. The molecule has 0 aliphatic heterocycles. The lowest BCUT2D eigenvalue weighted by Crippen LogP contribution is -2.28. The van der Waals surface area contributed by atoms with Crippen molar-refractivity contribution in [2.24, 2.45) is 0 Å². The van der Waals surface area contributed by atoms with Gasteiger partial charge in [0.1, 0.15) is 12.7 Å². The van der Waals surface area contributed by atoms with Crippen LogP contribution in [0.5, 0.6) is 0 Å². The van der Waals surface area contributed by atoms with E-state index in [0.29, 0.717) is 39.3 Å². The average Bonchev–Trinajstić information content (AvgIpc) is 3.14. The van der Waals surface area contributed by atoms with E-state index in [4.69, 9.17) is 24.1 Å². The summed E-state index contributed by atoms with van der Waals surface area (Å²) >= 11 is 0. The fourth-order valence-electron chi connectivity index (χ4n) is 6.75. The van der Waals surface area contributed by atoms with Crippen LogP contribution in [0, 0.1) is 0 Å². The molecule has 0 aromatic heterocycles. The van der Waals surface area contributed by atoms with E-state index < -0.39 is 0 Å². The summed E-state index contributed by atoms with van der Waals surface area (Å²) in [7, 11) is 0. The zero-order chi connectivity index (χ0) is 37.0. The molecule has 0 radical (unpaired) electrons. The molecule has 6 heteroatoms. The lowest BCUT2D eigenvalue weighted by atomic mass is 10.0. The van der Waals surface area contributed by atoms with Crippen LogP contribution in [0.3, 0.4) is 0 Å². The first-order chi connectivity index (χ1) is 25.2. The maximum Gasteiger partial charge on any atom is 0.305 e. The minimum absolute atomic E-state index is 0.00229. The third-order valence-corrected chi connectivity index (χ3v) is 10.1. The Kier molecular flexibility index (Phi) is 44.9. The van der Waals surface area contributed by atoms with Crippen LogP contribution >= 0.6 is 0 Å². The molecule has 306 valence electrons. The summed E-state index contributed by atoms with van der Waals surface area (Å²) in [6, 6.07) is 0. The van der Waals surface area contributed by atoms with E-state index in [9.17, 15) is 4.79 Å². The Balaban J connectivity index is 3.89. The van der Waals surface area contributed by atoms with Crippen molar-refractivity contribution in [1.29, 1.82) is 0 Å². The van der Waals surface area contributed by atoms with Crippen LogP contribution in [0.2, 0.25) is 0 Å². The predicted octanol–water partition coefficient (Wildman–Crippen LogP) is 13.2. The highest BCUT2D eigenvalue weighted by molar-refractivity contribution is 5.69. The highest BCUT2D eigenvalue weighted by atomic mass is 16.6. The molecule has 0 saturated carbocycles. The van der Waals surface area contributed by atoms with E-state index in [1.165, 1.54) is 193 Å². The summed E-state index contributed by atoms with van der Waals surface area (Å²) in [4.78, 5) is 12.2. The minimum Gasteiger partial charge on any atom is -0.463 e. The van der Waals surface area contributed by atoms with Gasteiger partial charge in [-0.05, 0) is 19.3 Å².